The molecule has 41 heavy (non-hydrogen) atoms. The quantitative estimate of drug-likeness (QED) is 0.200. The van der Waals surface area contributed by atoms with Crippen molar-refractivity contribution in [3.05, 3.63) is 131 Å². The number of aliphatic imine (C=N–C) groups is 2. The number of benzene rings is 6. The Bertz CT molecular complexity index is 1820. The van der Waals surface area contributed by atoms with E-state index in [2.05, 4.69) is 36.4 Å². The number of hydrogen-bond donors (Lipinski definition) is 2. The first-order chi connectivity index (χ1) is 19.5. The fourth-order valence-electron chi connectivity index (χ4n) is 5.09. The van der Waals surface area contributed by atoms with Gasteiger partial charge in [0.15, 0.2) is 0 Å². The van der Waals surface area contributed by atoms with Gasteiger partial charge in [0.2, 0.25) is 0 Å². The Labute approximate surface area is 249 Å². The first kappa shape index (κ1) is 27.8. The average Bonchev–Trinajstić information content (AvgIpc) is 2.97. The second kappa shape index (κ2) is 11.8. The van der Waals surface area contributed by atoms with E-state index >= 15 is 0 Å². The minimum absolute atomic E-state index is 0. The van der Waals surface area contributed by atoms with Crippen LogP contribution in [0.3, 0.4) is 0 Å². The van der Waals surface area contributed by atoms with Gasteiger partial charge in [-0.05, 0) is 71.8 Å². The molecule has 0 aliphatic carbocycles. The Hall–Kier alpha value is -4.71. The van der Waals surface area contributed by atoms with Crippen molar-refractivity contribution in [2.45, 2.75) is 13.8 Å². The fraction of sp³-hybridized carbons (Fsp3) is 0.0556. The zero-order valence-corrected chi connectivity index (χ0v) is 23.7. The molecule has 0 aliphatic rings. The molecule has 5 heteroatoms. The molecule has 0 spiro atoms. The van der Waals surface area contributed by atoms with Gasteiger partial charge in [0.25, 0.3) is 0 Å². The standard InChI is InChI=1S/C36H28N2O2.Co/c1-23-11-17-33(39)27(19-23)21-37-31-15-13-25-7-3-5-9-29(25)35(31)36-30-10-6-4-8-26(30)14-16-32(36)38-22-28-20-24(2)12-18-34(28)40;/h3-22,39-40H,1-2H3;. The van der Waals surface area contributed by atoms with E-state index in [0.29, 0.717) is 11.1 Å². The Morgan fingerprint density at radius 1 is 0.512 bits per heavy atom. The van der Waals surface area contributed by atoms with Crippen LogP contribution in [0.1, 0.15) is 22.3 Å². The number of phenolic OH excluding ortho intramolecular Hbond substituents is 2. The summed E-state index contributed by atoms with van der Waals surface area (Å²) in [6.07, 6.45) is 3.43. The third kappa shape index (κ3) is 5.64. The monoisotopic (exact) mass is 579 g/mol. The van der Waals surface area contributed by atoms with Gasteiger partial charge in [-0.15, -0.1) is 0 Å². The van der Waals surface area contributed by atoms with Crippen LogP contribution in [0.25, 0.3) is 32.7 Å². The van der Waals surface area contributed by atoms with Crippen molar-refractivity contribution >= 4 is 45.3 Å². The summed E-state index contributed by atoms with van der Waals surface area (Å²) in [5, 5.41) is 25.2. The van der Waals surface area contributed by atoms with Crippen molar-refractivity contribution in [1.29, 1.82) is 0 Å². The van der Waals surface area contributed by atoms with Gasteiger partial charge in [0.05, 0.1) is 11.4 Å². The van der Waals surface area contributed by atoms with Crippen LogP contribution in [0, 0.1) is 13.8 Å². The normalized spacial score (nSPS) is 11.5. The second-order valence-electron chi connectivity index (χ2n) is 10.0. The van der Waals surface area contributed by atoms with Crippen molar-refractivity contribution < 1.29 is 27.0 Å². The first-order valence-corrected chi connectivity index (χ1v) is 13.2. The van der Waals surface area contributed by atoms with E-state index in [9.17, 15) is 10.2 Å². The van der Waals surface area contributed by atoms with Crippen LogP contribution >= 0.6 is 0 Å². The molecule has 0 aromatic heterocycles. The molecule has 0 bridgehead atoms. The summed E-state index contributed by atoms with van der Waals surface area (Å²) in [6, 6.07) is 35.7. The van der Waals surface area contributed by atoms with Crippen LogP contribution in [0.2, 0.25) is 0 Å². The summed E-state index contributed by atoms with van der Waals surface area (Å²) in [5.41, 5.74) is 6.86. The molecule has 0 atom stereocenters. The Morgan fingerprint density at radius 2 is 0.927 bits per heavy atom. The number of nitrogens with zero attached hydrogens (tertiary/aromatic N) is 2. The smallest absolute Gasteiger partial charge is 0.124 e. The van der Waals surface area contributed by atoms with E-state index in [-0.39, 0.29) is 28.3 Å². The van der Waals surface area contributed by atoms with Crippen LogP contribution in [-0.4, -0.2) is 22.6 Å². The molecule has 4 nitrogen and oxygen atoms in total. The van der Waals surface area contributed by atoms with E-state index in [4.69, 9.17) is 9.98 Å². The summed E-state index contributed by atoms with van der Waals surface area (Å²) in [5.74, 6) is 0.371. The molecule has 6 aromatic carbocycles. The van der Waals surface area contributed by atoms with Crippen LogP contribution < -0.4 is 0 Å². The van der Waals surface area contributed by atoms with E-state index in [1.807, 2.05) is 74.5 Å². The number of phenols is 2. The minimum Gasteiger partial charge on any atom is -0.507 e. The number of rotatable bonds is 5. The Balaban J connectivity index is 0.00000337. The molecule has 0 fully saturated rings. The molecule has 203 valence electrons. The summed E-state index contributed by atoms with van der Waals surface area (Å²) >= 11 is 0. The predicted octanol–water partition coefficient (Wildman–Crippen LogP) is 9.19. The van der Waals surface area contributed by atoms with Crippen molar-refractivity contribution in [2.24, 2.45) is 9.98 Å². The molecule has 0 amide bonds. The van der Waals surface area contributed by atoms with Crippen molar-refractivity contribution in [3.8, 4) is 22.6 Å². The van der Waals surface area contributed by atoms with Crippen molar-refractivity contribution in [3.63, 3.8) is 0 Å². The maximum absolute atomic E-state index is 10.4. The summed E-state index contributed by atoms with van der Waals surface area (Å²) in [4.78, 5) is 9.84. The molecule has 0 aliphatic heterocycles. The van der Waals surface area contributed by atoms with E-state index in [0.717, 1.165) is 55.2 Å². The SMILES string of the molecule is Cc1ccc(O)c(C=Nc2ccc3ccccc3c2-c2c(N=Cc3cc(C)ccc3O)ccc3ccccc23)c1.[Co]. The summed E-state index contributed by atoms with van der Waals surface area (Å²) in [7, 11) is 0. The number of hydrogen-bond acceptors (Lipinski definition) is 4. The van der Waals surface area contributed by atoms with Gasteiger partial charge in [-0.1, -0.05) is 83.9 Å². The molecular weight excluding hydrogens is 551 g/mol. The van der Waals surface area contributed by atoms with Gasteiger partial charge in [-0.2, -0.15) is 0 Å². The van der Waals surface area contributed by atoms with Crippen LogP contribution in [0.15, 0.2) is 119 Å². The third-order valence-corrected chi connectivity index (χ3v) is 7.12. The van der Waals surface area contributed by atoms with Crippen molar-refractivity contribution in [2.75, 3.05) is 0 Å². The van der Waals surface area contributed by atoms with Crippen LogP contribution in [-0.2, 0) is 16.8 Å². The third-order valence-electron chi connectivity index (χ3n) is 7.12. The molecule has 0 heterocycles. The Morgan fingerprint density at radius 3 is 1.37 bits per heavy atom. The zero-order chi connectivity index (χ0) is 27.6. The largest absolute Gasteiger partial charge is 0.507 e. The maximum Gasteiger partial charge on any atom is 0.124 e. The summed E-state index contributed by atoms with van der Waals surface area (Å²) in [6.45, 7) is 3.98. The minimum atomic E-state index is 0. The topological polar surface area (TPSA) is 65.2 Å². The number of aryl methyl sites for hydroxylation is 2. The van der Waals surface area contributed by atoms with Gasteiger partial charge >= 0.3 is 0 Å². The molecule has 6 rings (SSSR count). The van der Waals surface area contributed by atoms with E-state index in [1.54, 1.807) is 24.6 Å². The maximum atomic E-state index is 10.4. The molecular formula is C36H28CoN2O2. The Kier molecular flexibility index (Phi) is 8.01. The molecule has 0 saturated heterocycles. The molecule has 0 unspecified atom stereocenters. The van der Waals surface area contributed by atoms with Gasteiger partial charge in [-0.3, -0.25) is 9.98 Å². The average molecular weight is 580 g/mol. The zero-order valence-electron chi connectivity index (χ0n) is 22.7. The van der Waals surface area contributed by atoms with Gasteiger partial charge in [0.1, 0.15) is 11.5 Å². The second-order valence-corrected chi connectivity index (χ2v) is 10.0. The molecule has 2 N–H and O–H groups in total. The van der Waals surface area contributed by atoms with E-state index < -0.39 is 0 Å². The number of fused-ring (bicyclic) bond motifs is 2. The van der Waals surface area contributed by atoms with Crippen molar-refractivity contribution in [1.82, 2.24) is 0 Å². The van der Waals surface area contributed by atoms with Crippen LogP contribution in [0.5, 0.6) is 11.5 Å². The first-order valence-electron chi connectivity index (χ1n) is 13.2. The molecule has 1 radical (unpaired) electrons. The fourth-order valence-corrected chi connectivity index (χ4v) is 5.09. The molecule has 0 saturated carbocycles. The predicted molar refractivity (Wildman–Crippen MR) is 167 cm³/mol. The number of aromatic hydroxyl groups is 2. The van der Waals surface area contributed by atoms with Crippen LogP contribution in [0.4, 0.5) is 11.4 Å². The van der Waals surface area contributed by atoms with E-state index in [1.165, 1.54) is 0 Å². The van der Waals surface area contributed by atoms with Gasteiger partial charge in [0, 0.05) is 51.5 Å². The summed E-state index contributed by atoms with van der Waals surface area (Å²) < 4.78 is 0. The van der Waals surface area contributed by atoms with Gasteiger partial charge in [-0.25, -0.2) is 0 Å². The molecule has 6 aromatic rings. The van der Waals surface area contributed by atoms with Gasteiger partial charge < -0.3 is 10.2 Å².